The van der Waals surface area contributed by atoms with Gasteiger partial charge in [-0.25, -0.2) is 9.18 Å². The van der Waals surface area contributed by atoms with Gasteiger partial charge < -0.3 is 19.9 Å². The lowest BCUT2D eigenvalue weighted by Crippen LogP contribution is -2.46. The zero-order chi connectivity index (χ0) is 27.2. The van der Waals surface area contributed by atoms with Crippen molar-refractivity contribution in [3.05, 3.63) is 94.3 Å². The van der Waals surface area contributed by atoms with Gasteiger partial charge >= 0.3 is 5.97 Å². The van der Waals surface area contributed by atoms with Crippen LogP contribution in [0.3, 0.4) is 0 Å². The van der Waals surface area contributed by atoms with Gasteiger partial charge in [-0.2, -0.15) is 0 Å². The average molecular weight is 508 g/mol. The Hall–Kier alpha value is -3.06. The highest BCUT2D eigenvalue weighted by molar-refractivity contribution is 5.92. The van der Waals surface area contributed by atoms with Crippen LogP contribution in [-0.4, -0.2) is 43.0 Å². The topological polar surface area (TPSA) is 67.8 Å². The first-order valence-electron chi connectivity index (χ1n) is 12.6. The molecule has 0 aliphatic rings. The van der Waals surface area contributed by atoms with Crippen molar-refractivity contribution in [1.82, 2.24) is 5.32 Å². The number of methoxy groups -OCH3 is 1. The van der Waals surface area contributed by atoms with Gasteiger partial charge in [-0.3, -0.25) is 0 Å². The summed E-state index contributed by atoms with van der Waals surface area (Å²) in [6.07, 6.45) is -0.507. The first-order chi connectivity index (χ1) is 17.5. The van der Waals surface area contributed by atoms with Gasteiger partial charge in [-0.05, 0) is 86.6 Å². The number of hydrogen-bond acceptors (Lipinski definition) is 5. The van der Waals surface area contributed by atoms with Gasteiger partial charge in [0.05, 0.1) is 31.5 Å². The molecule has 37 heavy (non-hydrogen) atoms. The minimum Gasteiger partial charge on any atom is -0.465 e. The maximum atomic E-state index is 13.9. The van der Waals surface area contributed by atoms with Crippen molar-refractivity contribution >= 4 is 5.97 Å². The number of carbonyl (C=O) groups excluding carboxylic acids is 1. The Morgan fingerprint density at radius 1 is 1.08 bits per heavy atom. The van der Waals surface area contributed by atoms with Gasteiger partial charge in [-0.15, -0.1) is 0 Å². The molecule has 0 saturated heterocycles. The number of carbonyl (C=O) groups is 1. The van der Waals surface area contributed by atoms with Gasteiger partial charge in [0.2, 0.25) is 0 Å². The zero-order valence-electron chi connectivity index (χ0n) is 22.6. The summed E-state index contributed by atoms with van der Waals surface area (Å²) in [5.41, 5.74) is 5.33. The van der Waals surface area contributed by atoms with Crippen LogP contribution in [0.2, 0.25) is 0 Å². The number of benzene rings is 3. The summed E-state index contributed by atoms with van der Waals surface area (Å²) in [5, 5.41) is 14.0. The molecule has 3 rings (SSSR count). The molecular weight excluding hydrogens is 469 g/mol. The molecule has 6 heteroatoms. The van der Waals surface area contributed by atoms with Crippen molar-refractivity contribution < 1.29 is 23.8 Å². The Balaban J connectivity index is 1.68. The summed E-state index contributed by atoms with van der Waals surface area (Å²) in [6.45, 7) is 10.0. The number of nitrogens with one attached hydrogen (secondary N) is 1. The van der Waals surface area contributed by atoms with E-state index < -0.39 is 12.1 Å². The van der Waals surface area contributed by atoms with E-state index in [4.69, 9.17) is 9.47 Å². The molecule has 0 amide bonds. The summed E-state index contributed by atoms with van der Waals surface area (Å²) >= 11 is 0. The first-order valence-corrected chi connectivity index (χ1v) is 12.6. The van der Waals surface area contributed by atoms with Crippen LogP contribution in [0.4, 0.5) is 4.39 Å². The number of halogens is 1. The number of β-amino-alcohol motifs (C(OH)–C–C–N with tert-alkyl or cyclic N) is 1. The molecule has 5 nitrogen and oxygen atoms in total. The van der Waals surface area contributed by atoms with E-state index in [1.165, 1.54) is 7.11 Å². The van der Waals surface area contributed by atoms with Crippen molar-refractivity contribution in [2.24, 2.45) is 0 Å². The summed E-state index contributed by atoms with van der Waals surface area (Å²) in [5.74, 6) is -0.609. The minimum atomic E-state index is -0.749. The van der Waals surface area contributed by atoms with Crippen molar-refractivity contribution in [3.63, 3.8) is 0 Å². The first kappa shape index (κ1) is 28.5. The molecule has 0 unspecified atom stereocenters. The number of aliphatic hydroxyl groups is 1. The zero-order valence-corrected chi connectivity index (χ0v) is 22.6. The van der Waals surface area contributed by atoms with Crippen molar-refractivity contribution in [1.29, 1.82) is 0 Å². The van der Waals surface area contributed by atoms with E-state index in [2.05, 4.69) is 5.32 Å². The summed E-state index contributed by atoms with van der Waals surface area (Å²) in [6, 6.07) is 18.9. The predicted octanol–water partition coefficient (Wildman–Crippen LogP) is 5.95. The molecule has 2 N–H and O–H groups in total. The number of aryl methyl sites for hydroxylation is 1. The lowest BCUT2D eigenvalue weighted by Gasteiger charge is -2.29. The summed E-state index contributed by atoms with van der Waals surface area (Å²) in [4.78, 5) is 12.3. The van der Waals surface area contributed by atoms with Crippen LogP contribution in [0.5, 0.6) is 0 Å². The number of aliphatic hydroxyl groups excluding tert-OH is 1. The Morgan fingerprint density at radius 3 is 2.43 bits per heavy atom. The molecule has 3 aromatic rings. The van der Waals surface area contributed by atoms with Crippen molar-refractivity contribution in [2.75, 3.05) is 20.3 Å². The summed E-state index contributed by atoms with van der Waals surface area (Å²) < 4.78 is 25.0. The Bertz CT molecular complexity index is 1210. The Kier molecular flexibility index (Phi) is 9.60. The smallest absolute Gasteiger partial charge is 0.338 e. The normalized spacial score (nSPS) is 13.3. The monoisotopic (exact) mass is 507 g/mol. The molecule has 2 atom stereocenters. The molecule has 0 aliphatic heterocycles. The van der Waals surface area contributed by atoms with Crippen LogP contribution < -0.4 is 5.32 Å². The van der Waals surface area contributed by atoms with Crippen molar-refractivity contribution in [2.45, 2.75) is 58.8 Å². The minimum absolute atomic E-state index is 0.111. The SMILES string of the molecule is COC(=O)c1ccc(-c2ccccc2)c([C@@H](C)OC[C@H](O)CNC(C)(C)Cc2ccc(C)c(F)c2)c1C. The second-order valence-corrected chi connectivity index (χ2v) is 10.2. The molecule has 3 aromatic carbocycles. The van der Waals surface area contributed by atoms with Crippen LogP contribution in [0.25, 0.3) is 11.1 Å². The fraction of sp³-hybridized carbons (Fsp3) is 0.387. The third kappa shape index (κ3) is 7.48. The van der Waals surface area contributed by atoms with E-state index in [1.54, 1.807) is 25.1 Å². The van der Waals surface area contributed by atoms with Crippen LogP contribution >= 0.6 is 0 Å². The average Bonchev–Trinajstić information content (AvgIpc) is 2.88. The van der Waals surface area contributed by atoms with Crippen molar-refractivity contribution in [3.8, 4) is 11.1 Å². The molecule has 0 aliphatic carbocycles. The molecule has 0 saturated carbocycles. The van der Waals surface area contributed by atoms with Crippen LogP contribution in [-0.2, 0) is 15.9 Å². The maximum Gasteiger partial charge on any atom is 0.338 e. The second-order valence-electron chi connectivity index (χ2n) is 10.2. The highest BCUT2D eigenvalue weighted by atomic mass is 19.1. The molecule has 0 aromatic heterocycles. The number of rotatable bonds is 11. The van der Waals surface area contributed by atoms with Crippen LogP contribution in [0.1, 0.15) is 59.5 Å². The molecule has 198 valence electrons. The quantitative estimate of drug-likeness (QED) is 0.314. The molecule has 0 fully saturated rings. The molecule has 0 radical (unpaired) electrons. The lowest BCUT2D eigenvalue weighted by molar-refractivity contribution is -0.00423. The Morgan fingerprint density at radius 2 is 1.78 bits per heavy atom. The van der Waals surface area contributed by atoms with E-state index in [1.807, 2.05) is 70.2 Å². The van der Waals surface area contributed by atoms with E-state index in [0.29, 0.717) is 24.1 Å². The molecular formula is C31H38FNO4. The fourth-order valence-electron chi connectivity index (χ4n) is 4.56. The number of hydrogen-bond donors (Lipinski definition) is 2. The third-order valence-corrected chi connectivity index (χ3v) is 6.65. The standard InChI is InChI=1S/C31H38FNO4/c1-20-12-13-23(16-28(20)32)17-31(4,5)33-18-25(34)19-37-22(3)29-21(2)26(30(35)36-6)14-15-27(29)24-10-8-7-9-11-24/h7-16,22,25,33-34H,17-19H2,1-6H3/t22-,25-/m1/s1. The van der Waals surface area contributed by atoms with Gasteiger partial charge in [0.1, 0.15) is 5.82 Å². The maximum absolute atomic E-state index is 13.9. The van der Waals surface area contributed by atoms with Crippen LogP contribution in [0, 0.1) is 19.7 Å². The molecule has 0 spiro atoms. The molecule has 0 heterocycles. The third-order valence-electron chi connectivity index (χ3n) is 6.65. The number of esters is 1. The van der Waals surface area contributed by atoms with E-state index in [9.17, 15) is 14.3 Å². The highest BCUT2D eigenvalue weighted by Crippen LogP contribution is 2.34. The molecule has 0 bridgehead atoms. The van der Waals surface area contributed by atoms with E-state index in [0.717, 1.165) is 27.8 Å². The van der Waals surface area contributed by atoms with Gasteiger partial charge in [-0.1, -0.05) is 48.5 Å². The van der Waals surface area contributed by atoms with E-state index >= 15 is 0 Å². The van der Waals surface area contributed by atoms with Crippen LogP contribution in [0.15, 0.2) is 60.7 Å². The summed E-state index contributed by atoms with van der Waals surface area (Å²) in [7, 11) is 1.37. The fourth-order valence-corrected chi connectivity index (χ4v) is 4.56. The number of ether oxygens (including phenoxy) is 2. The largest absolute Gasteiger partial charge is 0.465 e. The Labute approximate surface area is 219 Å². The van der Waals surface area contributed by atoms with Gasteiger partial charge in [0.25, 0.3) is 0 Å². The lowest BCUT2D eigenvalue weighted by atomic mass is 9.90. The van der Waals surface area contributed by atoms with E-state index in [-0.39, 0.29) is 24.1 Å². The van der Waals surface area contributed by atoms with Gasteiger partial charge in [0.15, 0.2) is 0 Å². The predicted molar refractivity (Wildman–Crippen MR) is 145 cm³/mol. The highest BCUT2D eigenvalue weighted by Gasteiger charge is 2.23. The second kappa shape index (κ2) is 12.5. The van der Waals surface area contributed by atoms with Gasteiger partial charge in [0, 0.05) is 12.1 Å².